The Bertz CT molecular complexity index is 1070. The molecule has 0 spiro atoms. The van der Waals surface area contributed by atoms with E-state index in [2.05, 4.69) is 47.5 Å². The highest BCUT2D eigenvalue weighted by molar-refractivity contribution is 6.30. The van der Waals surface area contributed by atoms with E-state index in [1.54, 1.807) is 0 Å². The standard InChI is InChI=1S/C27H31ClN4/c1-19-26(25-8-4-6-21-5-2-3-7-24(21)25)17-29-27(30-19)31-23-13-15-32(16-14-23)18-20-9-11-22(28)12-10-20/h4,6,8-12,17,23H,2-3,5,7,13-16,18H2,1H3,(H,29,30,31). The van der Waals surface area contributed by atoms with Crippen LogP contribution in [-0.4, -0.2) is 34.0 Å². The quantitative estimate of drug-likeness (QED) is 0.517. The van der Waals surface area contributed by atoms with Gasteiger partial charge in [0.05, 0.1) is 5.69 Å². The van der Waals surface area contributed by atoms with Crippen LogP contribution in [0, 0.1) is 6.92 Å². The summed E-state index contributed by atoms with van der Waals surface area (Å²) >= 11 is 6.00. The first-order valence-electron chi connectivity index (χ1n) is 11.8. The minimum atomic E-state index is 0.422. The van der Waals surface area contributed by atoms with Crippen LogP contribution in [-0.2, 0) is 19.4 Å². The Hall–Kier alpha value is -2.43. The first-order chi connectivity index (χ1) is 15.7. The fourth-order valence-electron chi connectivity index (χ4n) is 5.10. The van der Waals surface area contributed by atoms with Gasteiger partial charge in [0.1, 0.15) is 0 Å². The number of hydrogen-bond donors (Lipinski definition) is 1. The van der Waals surface area contributed by atoms with Gasteiger partial charge in [0.15, 0.2) is 0 Å². The van der Waals surface area contributed by atoms with E-state index in [0.717, 1.165) is 49.1 Å². The molecular formula is C27H31ClN4. The Morgan fingerprint density at radius 1 is 1.00 bits per heavy atom. The first-order valence-corrected chi connectivity index (χ1v) is 12.2. The van der Waals surface area contributed by atoms with E-state index in [9.17, 15) is 0 Å². The molecule has 166 valence electrons. The number of rotatable bonds is 5. The van der Waals surface area contributed by atoms with Crippen molar-refractivity contribution in [3.63, 3.8) is 0 Å². The number of aryl methyl sites for hydroxylation is 2. The predicted molar refractivity (Wildman–Crippen MR) is 132 cm³/mol. The summed E-state index contributed by atoms with van der Waals surface area (Å²) in [4.78, 5) is 12.1. The van der Waals surface area contributed by atoms with Crippen molar-refractivity contribution in [2.45, 2.75) is 58.0 Å². The van der Waals surface area contributed by atoms with Gasteiger partial charge in [-0.2, -0.15) is 0 Å². The lowest BCUT2D eigenvalue weighted by Crippen LogP contribution is -2.39. The summed E-state index contributed by atoms with van der Waals surface area (Å²) in [5.74, 6) is 0.757. The number of benzene rings is 2. The molecule has 0 saturated carbocycles. The zero-order chi connectivity index (χ0) is 21.9. The molecule has 0 bridgehead atoms. The average Bonchev–Trinajstić information content (AvgIpc) is 2.82. The third-order valence-electron chi connectivity index (χ3n) is 6.91. The molecule has 1 aromatic heterocycles. The molecule has 5 heteroatoms. The summed E-state index contributed by atoms with van der Waals surface area (Å²) in [6.45, 7) is 5.25. The van der Waals surface area contributed by atoms with E-state index in [1.807, 2.05) is 18.3 Å². The Morgan fingerprint density at radius 2 is 1.78 bits per heavy atom. The lowest BCUT2D eigenvalue weighted by atomic mass is 9.86. The Morgan fingerprint density at radius 3 is 2.56 bits per heavy atom. The van der Waals surface area contributed by atoms with Gasteiger partial charge in [-0.3, -0.25) is 4.90 Å². The van der Waals surface area contributed by atoms with Gasteiger partial charge in [-0.1, -0.05) is 41.9 Å². The summed E-state index contributed by atoms with van der Waals surface area (Å²) in [5, 5.41) is 4.38. The fraction of sp³-hybridized carbons (Fsp3) is 0.407. The molecule has 3 aromatic rings. The second-order valence-corrected chi connectivity index (χ2v) is 9.60. The molecule has 2 aromatic carbocycles. The van der Waals surface area contributed by atoms with Crippen molar-refractivity contribution < 1.29 is 0 Å². The van der Waals surface area contributed by atoms with E-state index in [4.69, 9.17) is 21.6 Å². The lowest BCUT2D eigenvalue weighted by molar-refractivity contribution is 0.211. The Kier molecular flexibility index (Phi) is 6.42. The van der Waals surface area contributed by atoms with E-state index < -0.39 is 0 Å². The number of aromatic nitrogens is 2. The molecule has 0 radical (unpaired) electrons. The normalized spacial score (nSPS) is 17.2. The highest BCUT2D eigenvalue weighted by atomic mass is 35.5. The van der Waals surface area contributed by atoms with Crippen LogP contribution < -0.4 is 5.32 Å². The molecule has 1 aliphatic carbocycles. The largest absolute Gasteiger partial charge is 0.351 e. The number of piperidine rings is 1. The van der Waals surface area contributed by atoms with Gasteiger partial charge in [-0.05, 0) is 79.8 Å². The van der Waals surface area contributed by atoms with Crippen molar-refractivity contribution in [1.29, 1.82) is 0 Å². The van der Waals surface area contributed by atoms with E-state index >= 15 is 0 Å². The fourth-order valence-corrected chi connectivity index (χ4v) is 5.23. The first kappa shape index (κ1) is 21.4. The predicted octanol–water partition coefficient (Wildman–Crippen LogP) is 6.06. The average molecular weight is 447 g/mol. The van der Waals surface area contributed by atoms with Crippen LogP contribution in [0.25, 0.3) is 11.1 Å². The minimum Gasteiger partial charge on any atom is -0.351 e. The molecular weight excluding hydrogens is 416 g/mol. The van der Waals surface area contributed by atoms with Gasteiger partial charge >= 0.3 is 0 Å². The third-order valence-corrected chi connectivity index (χ3v) is 7.16. The van der Waals surface area contributed by atoms with Crippen molar-refractivity contribution >= 4 is 17.5 Å². The highest BCUT2D eigenvalue weighted by Gasteiger charge is 2.21. The van der Waals surface area contributed by atoms with Crippen molar-refractivity contribution in [2.24, 2.45) is 0 Å². The van der Waals surface area contributed by atoms with Crippen molar-refractivity contribution in [2.75, 3.05) is 18.4 Å². The van der Waals surface area contributed by atoms with Gasteiger partial charge in [0.2, 0.25) is 5.95 Å². The number of nitrogens with one attached hydrogen (secondary N) is 1. The Balaban J connectivity index is 1.21. The molecule has 2 heterocycles. The zero-order valence-electron chi connectivity index (χ0n) is 18.8. The Labute approximate surface area is 196 Å². The number of fused-ring (bicyclic) bond motifs is 1. The topological polar surface area (TPSA) is 41.1 Å². The van der Waals surface area contributed by atoms with E-state index in [1.165, 1.54) is 53.5 Å². The van der Waals surface area contributed by atoms with Crippen molar-refractivity contribution in [3.05, 3.63) is 76.1 Å². The van der Waals surface area contributed by atoms with Crippen molar-refractivity contribution in [3.8, 4) is 11.1 Å². The van der Waals surface area contributed by atoms with E-state index in [0.29, 0.717) is 6.04 Å². The van der Waals surface area contributed by atoms with Crippen molar-refractivity contribution in [1.82, 2.24) is 14.9 Å². The molecule has 5 rings (SSSR count). The molecule has 1 N–H and O–H groups in total. The van der Waals surface area contributed by atoms with Crippen LogP contribution in [0.5, 0.6) is 0 Å². The maximum absolute atomic E-state index is 6.00. The molecule has 4 nitrogen and oxygen atoms in total. The highest BCUT2D eigenvalue weighted by Crippen LogP contribution is 2.33. The molecule has 32 heavy (non-hydrogen) atoms. The molecule has 2 aliphatic rings. The number of nitrogens with zero attached hydrogens (tertiary/aromatic N) is 3. The molecule has 0 amide bonds. The van der Waals surface area contributed by atoms with Crippen LogP contribution in [0.15, 0.2) is 48.7 Å². The van der Waals surface area contributed by atoms with Gasteiger partial charge in [-0.15, -0.1) is 0 Å². The maximum Gasteiger partial charge on any atom is 0.223 e. The molecule has 1 aliphatic heterocycles. The van der Waals surface area contributed by atoms with Crippen LogP contribution in [0.2, 0.25) is 5.02 Å². The SMILES string of the molecule is Cc1nc(NC2CCN(Cc3ccc(Cl)cc3)CC2)ncc1-c1cccc2c1CCCC2. The smallest absolute Gasteiger partial charge is 0.223 e. The summed E-state index contributed by atoms with van der Waals surface area (Å²) in [6.07, 6.45) is 9.16. The van der Waals surface area contributed by atoms with Gasteiger partial charge in [0, 0.05) is 42.5 Å². The lowest BCUT2D eigenvalue weighted by Gasteiger charge is -2.32. The zero-order valence-corrected chi connectivity index (χ0v) is 19.5. The molecule has 0 atom stereocenters. The van der Waals surface area contributed by atoms with Gasteiger partial charge in [0.25, 0.3) is 0 Å². The molecule has 1 saturated heterocycles. The number of likely N-dealkylation sites (tertiary alicyclic amines) is 1. The third kappa shape index (κ3) is 4.82. The second-order valence-electron chi connectivity index (χ2n) is 9.16. The van der Waals surface area contributed by atoms with E-state index in [-0.39, 0.29) is 0 Å². The van der Waals surface area contributed by atoms with Crippen LogP contribution in [0.1, 0.15) is 48.1 Å². The monoisotopic (exact) mass is 446 g/mol. The number of halogens is 1. The summed E-state index contributed by atoms with van der Waals surface area (Å²) in [6, 6.07) is 15.3. The minimum absolute atomic E-state index is 0.422. The molecule has 1 fully saturated rings. The molecule has 0 unspecified atom stereocenters. The van der Waals surface area contributed by atoms with Gasteiger partial charge in [-0.25, -0.2) is 9.97 Å². The van der Waals surface area contributed by atoms with Crippen LogP contribution >= 0.6 is 11.6 Å². The van der Waals surface area contributed by atoms with Crippen LogP contribution in [0.3, 0.4) is 0 Å². The number of hydrogen-bond acceptors (Lipinski definition) is 4. The second kappa shape index (κ2) is 9.60. The summed E-state index contributed by atoms with van der Waals surface area (Å²) in [7, 11) is 0. The van der Waals surface area contributed by atoms with Crippen LogP contribution in [0.4, 0.5) is 5.95 Å². The summed E-state index contributed by atoms with van der Waals surface area (Å²) in [5.41, 5.74) is 7.87. The number of anilines is 1. The van der Waals surface area contributed by atoms with Gasteiger partial charge < -0.3 is 5.32 Å². The summed E-state index contributed by atoms with van der Waals surface area (Å²) < 4.78 is 0. The maximum atomic E-state index is 6.00.